The largest absolute Gasteiger partial charge is 0.464 e. The molecule has 7 nitrogen and oxygen atoms in total. The first-order chi connectivity index (χ1) is 14.7. The second-order valence-corrected chi connectivity index (χ2v) is 7.74. The molecule has 1 saturated heterocycles. The van der Waals surface area contributed by atoms with Crippen LogP contribution >= 0.6 is 0 Å². The number of aromatic nitrogens is 1. The van der Waals surface area contributed by atoms with E-state index in [4.69, 9.17) is 9.47 Å². The van der Waals surface area contributed by atoms with Crippen LogP contribution in [0.25, 0.3) is 0 Å². The van der Waals surface area contributed by atoms with E-state index in [1.54, 1.807) is 25.5 Å². The number of hydrogen-bond acceptors (Lipinski definition) is 5. The van der Waals surface area contributed by atoms with Gasteiger partial charge in [0, 0.05) is 37.0 Å². The zero-order valence-corrected chi connectivity index (χ0v) is 18.2. The number of carbonyl (C=O) groups excluding carboxylic acids is 3. The monoisotopic (exact) mass is 430 g/mol. The second kappa shape index (κ2) is 9.43. The molecule has 0 spiro atoms. The summed E-state index contributed by atoms with van der Waals surface area (Å²) in [6, 6.07) is 5.40. The molecule has 0 aliphatic carbocycles. The molecule has 1 aliphatic heterocycles. The zero-order chi connectivity index (χ0) is 22.7. The van der Waals surface area contributed by atoms with Crippen LogP contribution in [0, 0.1) is 19.7 Å². The van der Waals surface area contributed by atoms with Crippen molar-refractivity contribution in [2.24, 2.45) is 7.05 Å². The van der Waals surface area contributed by atoms with Crippen molar-refractivity contribution in [3.8, 4) is 0 Å². The Morgan fingerprint density at radius 3 is 2.65 bits per heavy atom. The number of benzene rings is 1. The fourth-order valence-electron chi connectivity index (χ4n) is 4.08. The number of esters is 1. The van der Waals surface area contributed by atoms with Gasteiger partial charge in [-0.05, 0) is 50.5 Å². The van der Waals surface area contributed by atoms with Gasteiger partial charge in [-0.2, -0.15) is 0 Å². The van der Waals surface area contributed by atoms with Gasteiger partial charge in [-0.1, -0.05) is 6.07 Å². The van der Waals surface area contributed by atoms with Gasteiger partial charge in [-0.3, -0.25) is 9.59 Å². The number of rotatable bonds is 7. The summed E-state index contributed by atoms with van der Waals surface area (Å²) in [4.78, 5) is 39.9. The Balaban J connectivity index is 1.91. The molecule has 2 heterocycles. The van der Waals surface area contributed by atoms with Gasteiger partial charge in [0.1, 0.15) is 11.5 Å². The van der Waals surface area contributed by atoms with Gasteiger partial charge in [-0.25, -0.2) is 9.18 Å². The van der Waals surface area contributed by atoms with Gasteiger partial charge in [0.25, 0.3) is 5.91 Å². The van der Waals surface area contributed by atoms with Crippen molar-refractivity contribution in [3.05, 3.63) is 58.2 Å². The van der Waals surface area contributed by atoms with Crippen molar-refractivity contribution >= 4 is 17.7 Å². The van der Waals surface area contributed by atoms with Gasteiger partial charge in [-0.15, -0.1) is 0 Å². The van der Waals surface area contributed by atoms with Crippen LogP contribution in [-0.2, 0) is 16.5 Å². The molecule has 166 valence electrons. The van der Waals surface area contributed by atoms with Gasteiger partial charge in [0.15, 0.2) is 5.78 Å². The Hall–Kier alpha value is -3.00. The molecule has 0 unspecified atom stereocenters. The molecule has 1 aromatic carbocycles. The Morgan fingerprint density at radius 1 is 1.29 bits per heavy atom. The van der Waals surface area contributed by atoms with E-state index < -0.39 is 17.7 Å². The molecule has 31 heavy (non-hydrogen) atoms. The normalized spacial score (nSPS) is 15.7. The second-order valence-electron chi connectivity index (χ2n) is 7.74. The zero-order valence-electron chi connectivity index (χ0n) is 18.2. The maximum atomic E-state index is 13.7. The van der Waals surface area contributed by atoms with Crippen molar-refractivity contribution in [1.82, 2.24) is 9.47 Å². The molecular formula is C23H27FN2O5. The highest BCUT2D eigenvalue weighted by atomic mass is 19.1. The van der Waals surface area contributed by atoms with E-state index in [0.717, 1.165) is 18.9 Å². The molecule has 0 saturated carbocycles. The van der Waals surface area contributed by atoms with E-state index in [-0.39, 0.29) is 30.5 Å². The predicted molar refractivity (Wildman–Crippen MR) is 112 cm³/mol. The highest BCUT2D eigenvalue weighted by molar-refractivity contribution is 6.06. The number of ketones is 1. The fraction of sp³-hybridized carbons (Fsp3) is 0.435. The molecule has 1 atom stereocenters. The number of Topliss-reactive ketones (excluding diaryl/α,β-unsaturated/α-hetero) is 1. The summed E-state index contributed by atoms with van der Waals surface area (Å²) in [6.45, 7) is 4.06. The summed E-state index contributed by atoms with van der Waals surface area (Å²) < 4.78 is 25.8. The molecule has 2 aromatic rings. The summed E-state index contributed by atoms with van der Waals surface area (Å²) in [7, 11) is 2.97. The quantitative estimate of drug-likeness (QED) is 0.498. The lowest BCUT2D eigenvalue weighted by molar-refractivity contribution is 0.0506. The molecular weight excluding hydrogens is 403 g/mol. The van der Waals surface area contributed by atoms with Crippen molar-refractivity contribution in [1.29, 1.82) is 0 Å². The lowest BCUT2D eigenvalue weighted by atomic mass is 10.0. The van der Waals surface area contributed by atoms with Gasteiger partial charge in [0.2, 0.25) is 0 Å². The van der Waals surface area contributed by atoms with Crippen molar-refractivity contribution < 1.29 is 28.2 Å². The summed E-state index contributed by atoms with van der Waals surface area (Å²) in [5, 5.41) is 0. The maximum absolute atomic E-state index is 13.7. The Kier molecular flexibility index (Phi) is 6.90. The molecule has 1 fully saturated rings. The minimum atomic E-state index is -0.533. The van der Waals surface area contributed by atoms with Gasteiger partial charge < -0.3 is 18.9 Å². The van der Waals surface area contributed by atoms with E-state index in [0.29, 0.717) is 29.1 Å². The maximum Gasteiger partial charge on any atom is 0.354 e. The molecule has 0 bridgehead atoms. The Morgan fingerprint density at radius 2 is 2.03 bits per heavy atom. The Labute approximate surface area is 180 Å². The molecule has 1 aromatic heterocycles. The first kappa shape index (κ1) is 22.7. The van der Waals surface area contributed by atoms with E-state index in [2.05, 4.69) is 0 Å². The molecule has 8 heteroatoms. The van der Waals surface area contributed by atoms with Crippen molar-refractivity contribution in [3.63, 3.8) is 0 Å². The summed E-state index contributed by atoms with van der Waals surface area (Å²) in [6.07, 6.45) is 1.51. The minimum Gasteiger partial charge on any atom is -0.464 e. The summed E-state index contributed by atoms with van der Waals surface area (Å²) >= 11 is 0. The molecule has 1 amide bonds. The highest BCUT2D eigenvalue weighted by Gasteiger charge is 2.30. The third-order valence-corrected chi connectivity index (χ3v) is 5.73. The van der Waals surface area contributed by atoms with E-state index in [1.165, 1.54) is 30.2 Å². The van der Waals surface area contributed by atoms with E-state index in [1.807, 2.05) is 0 Å². The van der Waals surface area contributed by atoms with Crippen LogP contribution in [0.2, 0.25) is 0 Å². The van der Waals surface area contributed by atoms with Gasteiger partial charge >= 0.3 is 5.97 Å². The van der Waals surface area contributed by atoms with Gasteiger partial charge in [0.05, 0.1) is 19.8 Å². The van der Waals surface area contributed by atoms with Crippen LogP contribution in [0.1, 0.15) is 55.3 Å². The lowest BCUT2D eigenvalue weighted by Crippen LogP contribution is -2.41. The predicted octanol–water partition coefficient (Wildman–Crippen LogP) is 3.07. The van der Waals surface area contributed by atoms with E-state index in [9.17, 15) is 18.8 Å². The van der Waals surface area contributed by atoms with Crippen LogP contribution in [0.5, 0.6) is 0 Å². The molecule has 0 radical (unpaired) electrons. The Bertz CT molecular complexity index is 1010. The smallest absolute Gasteiger partial charge is 0.354 e. The fourth-order valence-corrected chi connectivity index (χ4v) is 4.08. The van der Waals surface area contributed by atoms with Crippen LogP contribution in [0.15, 0.2) is 24.3 Å². The third-order valence-electron chi connectivity index (χ3n) is 5.73. The average Bonchev–Trinajstić information content (AvgIpc) is 3.32. The van der Waals surface area contributed by atoms with Crippen molar-refractivity contribution in [2.45, 2.75) is 32.8 Å². The molecule has 0 N–H and O–H groups in total. The number of ether oxygens (including phenoxy) is 2. The average molecular weight is 430 g/mol. The van der Waals surface area contributed by atoms with Crippen LogP contribution in [0.4, 0.5) is 4.39 Å². The van der Waals surface area contributed by atoms with E-state index >= 15 is 0 Å². The molecule has 1 aliphatic rings. The van der Waals surface area contributed by atoms with Crippen molar-refractivity contribution in [2.75, 3.05) is 26.8 Å². The standard InChI is InChI=1S/C23H27FN2O5/c1-14-20(15(2)25(3)21(14)23(29)30-4)19(27)13-26(12-18-9-6-10-31-18)22(28)16-7-5-8-17(24)11-16/h5,7-8,11,18H,6,9-10,12-13H2,1-4H3/t18-/m0/s1. The molecule has 3 rings (SSSR count). The number of halogens is 1. The first-order valence-electron chi connectivity index (χ1n) is 10.2. The van der Waals surface area contributed by atoms with Crippen LogP contribution in [-0.4, -0.2) is 60.0 Å². The summed E-state index contributed by atoms with van der Waals surface area (Å²) in [5.41, 5.74) is 1.96. The lowest BCUT2D eigenvalue weighted by Gasteiger charge is -2.25. The third kappa shape index (κ3) is 4.69. The van der Waals surface area contributed by atoms with Crippen LogP contribution < -0.4 is 0 Å². The number of methoxy groups -OCH3 is 1. The summed E-state index contributed by atoms with van der Waals surface area (Å²) in [5.74, 6) is -1.80. The number of carbonyl (C=O) groups is 3. The van der Waals surface area contributed by atoms with Crippen LogP contribution in [0.3, 0.4) is 0 Å². The topological polar surface area (TPSA) is 77.8 Å². The minimum absolute atomic E-state index is 0.169. The highest BCUT2D eigenvalue weighted by Crippen LogP contribution is 2.24. The number of nitrogens with zero attached hydrogens (tertiary/aromatic N) is 2. The number of hydrogen-bond donors (Lipinski definition) is 0. The first-order valence-corrected chi connectivity index (χ1v) is 10.2. The SMILES string of the molecule is COC(=O)c1c(C)c(C(=O)CN(C[C@@H]2CCCO2)C(=O)c2cccc(F)c2)c(C)n1C. The number of amides is 1.